The predicted octanol–water partition coefficient (Wildman–Crippen LogP) is 8.64. The van der Waals surface area contributed by atoms with Gasteiger partial charge in [-0.1, -0.05) is 181 Å². The number of hydrogen-bond acceptors (Lipinski definition) is 18. The van der Waals surface area contributed by atoms with Crippen LogP contribution >= 0.6 is 0 Å². The van der Waals surface area contributed by atoms with Gasteiger partial charge in [0.15, 0.2) is 12.6 Å². The van der Waals surface area contributed by atoms with Crippen LogP contribution in [0.5, 0.6) is 0 Å². The van der Waals surface area contributed by atoms with E-state index < -0.39 is 124 Å². The molecule has 15 N–H and O–H groups in total. The van der Waals surface area contributed by atoms with Gasteiger partial charge in [0.05, 0.1) is 56.8 Å². The van der Waals surface area contributed by atoms with Gasteiger partial charge in [0, 0.05) is 75.7 Å². The molecule has 2 rings (SSSR count). The molecule has 2 saturated heterocycles. The van der Waals surface area contributed by atoms with E-state index in [4.69, 9.17) is 24.7 Å². The van der Waals surface area contributed by atoms with Crippen molar-refractivity contribution >= 4 is 5.91 Å². The standard InChI is InChI=1S/C50H51NO9.C24H49NO8.CH4.24H2/c1-3-5-7-9-11-13-15-17-18-19-20-21-22-23-24-25-26-27-29-31-33-35-37-39-45(54)51-42(41-59-50-49(58)48(57)47(56)44(40-52)60-50)46(55)43(53)38-36-34-32-30-28-16-14-12-10-8-6-4-2;1-2-3-4-5-6-7-8-9-10-11-12-13-14-18(27)20(28)17(25)16-32-24-23(31)22(30)21(29)19(15-26)33-24;;;;;;;;;;;;;;;;;;;;;;;;;/h42-44,46-50,52-53,55-58H,4,6,8,10,12,14,16,28,30,32,34,36,38,40-41H2,1-2H3,(H,51,54);17-24,26-31H,2-16,25H2,1H3;1H4;24*1H/t42-,43+,44?,46-,47?,48?,49?,50?;17-,18+,19?,20-,21?,22?,23?,24?;;;;;;;;;;;;;;;;;;;;;;;;;/m00........................./s1. The summed E-state index contributed by atoms with van der Waals surface area (Å²) in [4.78, 5) is 12.7. The lowest BCUT2D eigenvalue weighted by atomic mass is 9.98. The first kappa shape index (κ1) is 87.5. The Morgan fingerprint density at radius 3 is 1.03 bits per heavy atom. The highest BCUT2D eigenvalue weighted by atomic mass is 16.7. The molecule has 0 saturated carbocycles. The predicted molar refractivity (Wildman–Crippen MR) is 411 cm³/mol. The van der Waals surface area contributed by atoms with Gasteiger partial charge < -0.3 is 91.3 Å². The molecule has 0 spiro atoms. The lowest BCUT2D eigenvalue weighted by molar-refractivity contribution is -0.303. The Morgan fingerprint density at radius 1 is 0.426 bits per heavy atom. The van der Waals surface area contributed by atoms with Crippen LogP contribution in [0.2, 0.25) is 0 Å². The van der Waals surface area contributed by atoms with Crippen LogP contribution in [0.1, 0.15) is 229 Å². The smallest absolute Gasteiger partial charge is 0.297 e. The minimum Gasteiger partial charge on any atom is -0.394 e. The van der Waals surface area contributed by atoms with Gasteiger partial charge in [0.1, 0.15) is 54.9 Å². The second-order valence-corrected chi connectivity index (χ2v) is 22.4. The van der Waals surface area contributed by atoms with E-state index in [0.717, 1.165) is 38.5 Å². The summed E-state index contributed by atoms with van der Waals surface area (Å²) in [5, 5.41) is 124. The molecule has 19 nitrogen and oxygen atoms in total. The van der Waals surface area contributed by atoms with Gasteiger partial charge in [0.25, 0.3) is 5.91 Å². The average molecular weight is 1350 g/mol. The molecule has 1 amide bonds. The zero-order valence-corrected chi connectivity index (χ0v) is 54.4. The molecule has 94 heavy (non-hydrogen) atoms. The Bertz CT molecular complexity index is 2990. The first-order valence-electron chi connectivity index (χ1n) is 32.6. The van der Waals surface area contributed by atoms with E-state index in [1.807, 2.05) is 0 Å². The molecule has 0 bridgehead atoms. The summed E-state index contributed by atoms with van der Waals surface area (Å²) < 4.78 is 21.5. The van der Waals surface area contributed by atoms with Crippen LogP contribution in [0, 0.1) is 142 Å². The quantitative estimate of drug-likeness (QED) is 0.0202. The average Bonchev–Trinajstić information content (AvgIpc) is 0.821. The third kappa shape index (κ3) is 42.1. The molecule has 2 aliphatic rings. The van der Waals surface area contributed by atoms with Crippen LogP contribution in [0.3, 0.4) is 0 Å². The number of nitrogens with one attached hydrogen (secondary N) is 1. The van der Waals surface area contributed by atoms with E-state index in [1.54, 1.807) is 6.92 Å². The zero-order valence-electron chi connectivity index (χ0n) is 54.4. The van der Waals surface area contributed by atoms with Gasteiger partial charge in [0.2, 0.25) is 0 Å². The van der Waals surface area contributed by atoms with E-state index >= 15 is 0 Å². The molecule has 16 atom stereocenters. The number of unbranched alkanes of at least 4 members (excludes halogenated alkanes) is 22. The number of carbonyl (C=O) groups excluding carboxylic acids is 1. The van der Waals surface area contributed by atoms with Gasteiger partial charge in [-0.05, 0) is 114 Å². The second-order valence-electron chi connectivity index (χ2n) is 22.4. The molecule has 2 heterocycles. The number of amides is 1. The number of nitrogens with two attached hydrogens (primary N) is 1. The monoisotopic (exact) mass is 1350 g/mol. The van der Waals surface area contributed by atoms with Gasteiger partial charge >= 0.3 is 0 Å². The Labute approximate surface area is 596 Å². The van der Waals surface area contributed by atoms with Crippen molar-refractivity contribution in [1.82, 2.24) is 5.32 Å². The molecule has 0 radical (unpaired) electrons. The number of hydrogen-bond donors (Lipinski definition) is 14. The van der Waals surface area contributed by atoms with Gasteiger partial charge in [-0.2, -0.15) is 0 Å². The van der Waals surface area contributed by atoms with Crippen molar-refractivity contribution in [3.05, 3.63) is 0 Å². The largest absolute Gasteiger partial charge is 0.394 e. The van der Waals surface area contributed by atoms with Crippen molar-refractivity contribution < 1.29 is 119 Å². The Balaban J connectivity index is -0.0000000575. The Hall–Kier alpha value is -6.49. The number of aliphatic hydroxyl groups is 12. The lowest BCUT2D eigenvalue weighted by Gasteiger charge is -2.40. The summed E-state index contributed by atoms with van der Waals surface area (Å²) in [6, 6.07) is -2.16. The van der Waals surface area contributed by atoms with Gasteiger partial charge in [-0.25, -0.2) is 0 Å². The van der Waals surface area contributed by atoms with E-state index in [1.165, 1.54) is 109 Å². The van der Waals surface area contributed by atoms with Crippen LogP contribution in [0.25, 0.3) is 0 Å². The topological polar surface area (TPSA) is 335 Å². The molecule has 0 aliphatic carbocycles. The van der Waals surface area contributed by atoms with Crippen molar-refractivity contribution in [2.45, 2.75) is 293 Å². The summed E-state index contributed by atoms with van der Waals surface area (Å²) in [6.45, 7) is 4.17. The molecule has 2 aliphatic heterocycles. The highest BCUT2D eigenvalue weighted by molar-refractivity contribution is 5.94. The van der Waals surface area contributed by atoms with Gasteiger partial charge in [-0.15, -0.1) is 0 Å². The minimum absolute atomic E-state index is 0. The SMILES string of the molecule is C.CC#CC#CC#CC#CC#CC#CC#CC#CC#CC#CC#CC#CC(=O)N[C@@H](COC1OC(CO)C(O)C(O)C1O)[C@H](O)[C@H](O)CCCCCCCCCCCCCC.CCCCCCCCCCCCCC[C@@H](O)[C@@H](O)[C@@H](N)COC1OC(CO)C(O)C(O)C1O.[HH].[HH].[HH].[HH].[HH].[HH].[HH].[HH].[HH].[HH].[HH].[HH].[HH].[HH].[HH].[HH].[HH].[HH].[HH].[HH].[HH].[HH].[HH].[HH]. The summed E-state index contributed by atoms with van der Waals surface area (Å²) >= 11 is 0. The van der Waals surface area contributed by atoms with Crippen molar-refractivity contribution in [1.29, 1.82) is 0 Å². The molecule has 19 heteroatoms. The molecule has 10 unspecified atom stereocenters. The summed E-state index contributed by atoms with van der Waals surface area (Å²) in [5.41, 5.74) is 5.91. The van der Waals surface area contributed by atoms with Crippen molar-refractivity contribution in [3.8, 4) is 142 Å². The summed E-state index contributed by atoms with van der Waals surface area (Å²) in [7, 11) is 0. The lowest BCUT2D eigenvalue weighted by Crippen LogP contribution is -2.60. The summed E-state index contributed by atoms with van der Waals surface area (Å²) in [6.07, 6.45) is 9.42. The maximum absolute atomic E-state index is 12.7. The normalized spacial score (nSPS) is 21.4. The zero-order chi connectivity index (χ0) is 68.5. The third-order valence-electron chi connectivity index (χ3n) is 14.9. The van der Waals surface area contributed by atoms with Crippen molar-refractivity contribution in [3.63, 3.8) is 0 Å². The minimum atomic E-state index is -1.70. The van der Waals surface area contributed by atoms with E-state index in [9.17, 15) is 66.1 Å². The molecular weight excluding hydrogens is 1200 g/mol. The highest BCUT2D eigenvalue weighted by Crippen LogP contribution is 2.25. The van der Waals surface area contributed by atoms with E-state index in [0.29, 0.717) is 12.8 Å². The Kier molecular flexibility index (Phi) is 55.0. The summed E-state index contributed by atoms with van der Waals surface area (Å²) in [5.74, 6) is 58.4. The maximum Gasteiger partial charge on any atom is 0.297 e. The number of aliphatic hydroxyl groups excluding tert-OH is 12. The fraction of sp³-hybridized carbons (Fsp3) is 0.667. The van der Waals surface area contributed by atoms with E-state index in [-0.39, 0.29) is 54.7 Å². The van der Waals surface area contributed by atoms with Crippen LogP contribution in [-0.4, -0.2) is 192 Å². The van der Waals surface area contributed by atoms with Crippen LogP contribution < -0.4 is 11.1 Å². The molecule has 564 valence electrons. The van der Waals surface area contributed by atoms with Crippen molar-refractivity contribution in [2.75, 3.05) is 26.4 Å². The molecule has 0 aromatic carbocycles. The fourth-order valence-corrected chi connectivity index (χ4v) is 9.40. The maximum atomic E-state index is 12.7. The van der Waals surface area contributed by atoms with Crippen LogP contribution in [0.4, 0.5) is 0 Å². The molecule has 0 aromatic heterocycles. The molecule has 2 fully saturated rings. The van der Waals surface area contributed by atoms with Gasteiger partial charge in [-0.3, -0.25) is 4.79 Å². The second kappa shape index (κ2) is 59.0. The third-order valence-corrected chi connectivity index (χ3v) is 14.9. The van der Waals surface area contributed by atoms with Crippen molar-refractivity contribution in [2.24, 2.45) is 5.73 Å². The first-order chi connectivity index (χ1) is 45.1. The highest BCUT2D eigenvalue weighted by Gasteiger charge is 2.46. The Morgan fingerprint density at radius 2 is 0.713 bits per heavy atom. The number of carbonyl (C=O) groups is 1. The van der Waals surface area contributed by atoms with E-state index in [2.05, 4.69) is 161 Å². The molecule has 0 aromatic rings. The number of rotatable bonds is 39. The first-order valence-corrected chi connectivity index (χ1v) is 32.6. The van der Waals surface area contributed by atoms with Crippen LogP contribution in [-0.2, 0) is 23.7 Å². The fourth-order valence-electron chi connectivity index (χ4n) is 9.40. The number of ether oxygens (including phenoxy) is 4. The van der Waals surface area contributed by atoms with Crippen LogP contribution in [0.15, 0.2) is 0 Å². The molecular formula is C75H152N2O17.